The molecule has 0 atom stereocenters. The molecule has 1 fully saturated rings. The van der Waals surface area contributed by atoms with E-state index in [-0.39, 0.29) is 0 Å². The first-order valence-electron chi connectivity index (χ1n) is 4.44. The van der Waals surface area contributed by atoms with Crippen molar-refractivity contribution in [2.45, 2.75) is 44.8 Å². The molecule has 1 N–H and O–H groups in total. The van der Waals surface area contributed by atoms with Crippen molar-refractivity contribution in [3.8, 4) is 0 Å². The van der Waals surface area contributed by atoms with E-state index in [0.29, 0.717) is 12.8 Å². The van der Waals surface area contributed by atoms with Gasteiger partial charge in [0, 0.05) is 0 Å². The maximum absolute atomic E-state index is 12.4. The maximum Gasteiger partial charge on any atom is 0.408 e. The third-order valence-corrected chi connectivity index (χ3v) is 1.88. The summed E-state index contributed by atoms with van der Waals surface area (Å²) in [5, 5.41) is 2.54. The van der Waals surface area contributed by atoms with Crippen molar-refractivity contribution >= 4 is 6.09 Å². The summed E-state index contributed by atoms with van der Waals surface area (Å²) in [6, 6.07) is 0. The van der Waals surface area contributed by atoms with E-state index < -0.39 is 23.9 Å². The molecule has 0 aliphatic heterocycles. The zero-order valence-electron chi connectivity index (χ0n) is 8.32. The fraction of sp³-hybridized carbons (Fsp3) is 0.889. The summed E-state index contributed by atoms with van der Waals surface area (Å²) >= 11 is 0. The van der Waals surface area contributed by atoms with Gasteiger partial charge in [-0.1, -0.05) is 0 Å². The summed E-state index contributed by atoms with van der Waals surface area (Å²) in [6.45, 7) is 4.83. The van der Waals surface area contributed by atoms with Crippen LogP contribution in [-0.2, 0) is 4.74 Å². The highest BCUT2D eigenvalue weighted by atomic mass is 19.1. The summed E-state index contributed by atoms with van der Waals surface area (Å²) in [4.78, 5) is 11.2. The van der Waals surface area contributed by atoms with Crippen LogP contribution in [0.15, 0.2) is 0 Å². The number of alkyl halides is 1. The number of hydrogen-bond donors (Lipinski definition) is 1. The van der Waals surface area contributed by atoms with Crippen LogP contribution < -0.4 is 5.32 Å². The molecule has 0 spiro atoms. The lowest BCUT2D eigenvalue weighted by molar-refractivity contribution is 0.0487. The highest BCUT2D eigenvalue weighted by Gasteiger charge is 2.45. The average molecular weight is 189 g/mol. The molecule has 1 rings (SSSR count). The van der Waals surface area contributed by atoms with Crippen LogP contribution in [0, 0.1) is 0 Å². The SMILES string of the molecule is CC(C)(C)OC(=O)NC1(CF)CC1. The van der Waals surface area contributed by atoms with Gasteiger partial charge in [-0.2, -0.15) is 0 Å². The first-order chi connectivity index (χ1) is 5.87. The molecule has 1 aliphatic carbocycles. The fourth-order valence-corrected chi connectivity index (χ4v) is 0.963. The second-order valence-corrected chi connectivity index (χ2v) is 4.54. The standard InChI is InChI=1S/C9H16FNO2/c1-8(2,3)13-7(12)11-9(6-10)4-5-9/h4-6H2,1-3H3,(H,11,12). The van der Waals surface area contributed by atoms with Crippen LogP contribution in [0.25, 0.3) is 0 Å². The third-order valence-electron chi connectivity index (χ3n) is 1.88. The van der Waals surface area contributed by atoms with Crippen LogP contribution in [0.1, 0.15) is 33.6 Å². The van der Waals surface area contributed by atoms with Gasteiger partial charge >= 0.3 is 6.09 Å². The number of alkyl carbamates (subject to hydrolysis) is 1. The average Bonchev–Trinajstić information content (AvgIpc) is 2.65. The summed E-state index contributed by atoms with van der Waals surface area (Å²) < 4.78 is 17.4. The molecule has 0 aromatic heterocycles. The molecule has 0 bridgehead atoms. The van der Waals surface area contributed by atoms with Crippen molar-refractivity contribution in [3.63, 3.8) is 0 Å². The summed E-state index contributed by atoms with van der Waals surface area (Å²) in [5.74, 6) is 0. The van der Waals surface area contributed by atoms with Crippen molar-refractivity contribution in [3.05, 3.63) is 0 Å². The molecule has 0 aromatic carbocycles. The number of ether oxygens (including phenoxy) is 1. The molecular weight excluding hydrogens is 173 g/mol. The van der Waals surface area contributed by atoms with Gasteiger partial charge in [0.2, 0.25) is 0 Å². The van der Waals surface area contributed by atoms with Crippen LogP contribution in [0.3, 0.4) is 0 Å². The number of carbonyl (C=O) groups is 1. The van der Waals surface area contributed by atoms with Crippen LogP contribution in [0.4, 0.5) is 9.18 Å². The lowest BCUT2D eigenvalue weighted by Crippen LogP contribution is -2.41. The minimum Gasteiger partial charge on any atom is -0.444 e. The Balaban J connectivity index is 2.34. The van der Waals surface area contributed by atoms with E-state index in [9.17, 15) is 9.18 Å². The van der Waals surface area contributed by atoms with Gasteiger partial charge in [0.1, 0.15) is 12.3 Å². The number of halogens is 1. The Kier molecular flexibility index (Phi) is 2.50. The van der Waals surface area contributed by atoms with E-state index in [4.69, 9.17) is 4.74 Å². The van der Waals surface area contributed by atoms with E-state index in [0.717, 1.165) is 0 Å². The van der Waals surface area contributed by atoms with Crippen LogP contribution in [0.2, 0.25) is 0 Å². The second kappa shape index (κ2) is 3.16. The van der Waals surface area contributed by atoms with Gasteiger partial charge in [-0.05, 0) is 33.6 Å². The van der Waals surface area contributed by atoms with Crippen LogP contribution in [0.5, 0.6) is 0 Å². The molecule has 4 heteroatoms. The van der Waals surface area contributed by atoms with Gasteiger partial charge < -0.3 is 10.1 Å². The minimum atomic E-state index is -0.609. The molecule has 76 valence electrons. The molecule has 0 saturated heterocycles. The quantitative estimate of drug-likeness (QED) is 0.721. The molecule has 0 aromatic rings. The van der Waals surface area contributed by atoms with Crippen LogP contribution in [-0.4, -0.2) is 23.9 Å². The first kappa shape index (κ1) is 10.3. The zero-order chi connectivity index (χ0) is 10.1. The number of rotatable bonds is 2. The molecular formula is C9H16FNO2. The topological polar surface area (TPSA) is 38.3 Å². The second-order valence-electron chi connectivity index (χ2n) is 4.54. The van der Waals surface area contributed by atoms with Crippen molar-refractivity contribution in [1.82, 2.24) is 5.32 Å². The normalized spacial score (nSPS) is 19.4. The van der Waals surface area contributed by atoms with Crippen molar-refractivity contribution in [1.29, 1.82) is 0 Å². The van der Waals surface area contributed by atoms with E-state index in [1.807, 2.05) is 0 Å². The fourth-order valence-electron chi connectivity index (χ4n) is 0.963. The number of hydrogen-bond acceptors (Lipinski definition) is 2. The minimum absolute atomic E-state index is 0.508. The lowest BCUT2D eigenvalue weighted by atomic mass is 10.2. The Morgan fingerprint density at radius 2 is 2.08 bits per heavy atom. The Labute approximate surface area is 77.6 Å². The molecule has 0 heterocycles. The van der Waals surface area contributed by atoms with Crippen molar-refractivity contribution in [2.24, 2.45) is 0 Å². The van der Waals surface area contributed by atoms with Gasteiger partial charge in [-0.3, -0.25) is 0 Å². The number of nitrogens with one attached hydrogen (secondary N) is 1. The van der Waals surface area contributed by atoms with Gasteiger partial charge in [-0.15, -0.1) is 0 Å². The van der Waals surface area contributed by atoms with Gasteiger partial charge in [0.25, 0.3) is 0 Å². The first-order valence-corrected chi connectivity index (χ1v) is 4.44. The third kappa shape index (κ3) is 3.20. The molecule has 1 aliphatic rings. The highest BCUT2D eigenvalue weighted by Crippen LogP contribution is 2.35. The molecule has 0 radical (unpaired) electrons. The maximum atomic E-state index is 12.4. The van der Waals surface area contributed by atoms with Crippen LogP contribution >= 0.6 is 0 Å². The van der Waals surface area contributed by atoms with Crippen molar-refractivity contribution < 1.29 is 13.9 Å². The van der Waals surface area contributed by atoms with E-state index in [1.165, 1.54) is 0 Å². The largest absolute Gasteiger partial charge is 0.444 e. The molecule has 1 saturated carbocycles. The number of amides is 1. The van der Waals surface area contributed by atoms with Gasteiger partial charge in [-0.25, -0.2) is 9.18 Å². The summed E-state index contributed by atoms with van der Waals surface area (Å²) in [5.41, 5.74) is -1.13. The Bertz CT molecular complexity index is 206. The monoisotopic (exact) mass is 189 g/mol. The highest BCUT2D eigenvalue weighted by molar-refractivity contribution is 5.69. The predicted molar refractivity (Wildman–Crippen MR) is 47.3 cm³/mol. The van der Waals surface area contributed by atoms with E-state index >= 15 is 0 Å². The molecule has 13 heavy (non-hydrogen) atoms. The summed E-state index contributed by atoms with van der Waals surface area (Å²) in [7, 11) is 0. The predicted octanol–water partition coefficient (Wildman–Crippen LogP) is 2.01. The van der Waals surface area contributed by atoms with Gasteiger partial charge in [0.05, 0.1) is 5.54 Å². The lowest BCUT2D eigenvalue weighted by Gasteiger charge is -2.22. The molecule has 3 nitrogen and oxygen atoms in total. The number of carbonyl (C=O) groups excluding carboxylic acids is 1. The summed E-state index contributed by atoms with van der Waals surface area (Å²) in [6.07, 6.45) is 0.897. The Morgan fingerprint density at radius 1 is 1.54 bits per heavy atom. The molecule has 0 unspecified atom stereocenters. The van der Waals surface area contributed by atoms with E-state index in [1.54, 1.807) is 20.8 Å². The van der Waals surface area contributed by atoms with E-state index in [2.05, 4.69) is 5.32 Å². The van der Waals surface area contributed by atoms with Crippen molar-refractivity contribution in [2.75, 3.05) is 6.67 Å². The van der Waals surface area contributed by atoms with Gasteiger partial charge in [0.15, 0.2) is 0 Å². The smallest absolute Gasteiger partial charge is 0.408 e. The zero-order valence-corrected chi connectivity index (χ0v) is 8.32. The molecule has 1 amide bonds. The Hall–Kier alpha value is -0.800. The Morgan fingerprint density at radius 3 is 2.38 bits per heavy atom.